The molecule has 2 aliphatic rings. The smallest absolute Gasteiger partial charge is 0.272 e. The summed E-state index contributed by atoms with van der Waals surface area (Å²) in [4.78, 5) is 18.3. The van der Waals surface area contributed by atoms with Crippen LogP contribution in [0.1, 0.15) is 36.2 Å². The number of amides is 1. The number of halogens is 1. The van der Waals surface area contributed by atoms with Crippen LogP contribution in [0.5, 0.6) is 0 Å². The van der Waals surface area contributed by atoms with E-state index in [1.165, 1.54) is 25.7 Å². The first-order valence-electron chi connectivity index (χ1n) is 7.00. The summed E-state index contributed by atoms with van der Waals surface area (Å²) in [6.45, 7) is 0.887. The lowest BCUT2D eigenvalue weighted by atomic mass is 9.88. The van der Waals surface area contributed by atoms with Crippen LogP contribution in [0.2, 0.25) is 0 Å². The molecule has 1 aromatic heterocycles. The highest BCUT2D eigenvalue weighted by molar-refractivity contribution is 9.10. The Morgan fingerprint density at radius 2 is 2.26 bits per heavy atom. The first kappa shape index (κ1) is 13.1. The van der Waals surface area contributed by atoms with Gasteiger partial charge in [0.15, 0.2) is 0 Å². The van der Waals surface area contributed by atoms with Crippen LogP contribution < -0.4 is 0 Å². The summed E-state index contributed by atoms with van der Waals surface area (Å²) in [6.07, 6.45) is 7.17. The maximum absolute atomic E-state index is 12.3. The number of fused-ring (bicyclic) bond motifs is 2. The van der Waals surface area contributed by atoms with Crippen molar-refractivity contribution in [1.29, 1.82) is 0 Å². The van der Waals surface area contributed by atoms with Gasteiger partial charge in [0.05, 0.1) is 0 Å². The zero-order valence-corrected chi connectivity index (χ0v) is 12.8. The van der Waals surface area contributed by atoms with Gasteiger partial charge in [-0.25, -0.2) is 4.98 Å². The predicted molar refractivity (Wildman–Crippen MR) is 77.8 cm³/mol. The summed E-state index contributed by atoms with van der Waals surface area (Å²) < 4.78 is 0.903. The molecule has 3 unspecified atom stereocenters. The minimum absolute atomic E-state index is 0.0373. The summed E-state index contributed by atoms with van der Waals surface area (Å²) in [6, 6.07) is 3.65. The van der Waals surface area contributed by atoms with Gasteiger partial charge >= 0.3 is 0 Å². The van der Waals surface area contributed by atoms with Crippen molar-refractivity contribution in [2.24, 2.45) is 17.8 Å². The van der Waals surface area contributed by atoms with Gasteiger partial charge in [0.1, 0.15) is 5.69 Å². The highest BCUT2D eigenvalue weighted by Gasteiger charge is 2.40. The van der Waals surface area contributed by atoms with Gasteiger partial charge in [-0.1, -0.05) is 6.42 Å². The van der Waals surface area contributed by atoms with Crippen molar-refractivity contribution in [3.63, 3.8) is 0 Å². The first-order valence-corrected chi connectivity index (χ1v) is 7.80. The van der Waals surface area contributed by atoms with E-state index in [0.29, 0.717) is 11.6 Å². The summed E-state index contributed by atoms with van der Waals surface area (Å²) in [5.41, 5.74) is 0.536. The van der Waals surface area contributed by atoms with Crippen LogP contribution in [0.4, 0.5) is 0 Å². The third-order valence-electron chi connectivity index (χ3n) is 4.69. The van der Waals surface area contributed by atoms with E-state index in [1.807, 2.05) is 18.0 Å². The van der Waals surface area contributed by atoms with Crippen molar-refractivity contribution in [1.82, 2.24) is 9.88 Å². The molecule has 0 aliphatic heterocycles. The third-order valence-corrected chi connectivity index (χ3v) is 5.16. The van der Waals surface area contributed by atoms with E-state index in [9.17, 15) is 4.79 Å². The third kappa shape index (κ3) is 2.69. The Morgan fingerprint density at radius 1 is 1.42 bits per heavy atom. The van der Waals surface area contributed by atoms with Gasteiger partial charge in [-0.3, -0.25) is 4.79 Å². The SMILES string of the molecule is CN(CC1CC2CCC1C2)C(=O)c1ccc(Br)cn1. The minimum Gasteiger partial charge on any atom is -0.340 e. The molecule has 3 atom stereocenters. The molecule has 0 spiro atoms. The van der Waals surface area contributed by atoms with E-state index in [2.05, 4.69) is 20.9 Å². The van der Waals surface area contributed by atoms with E-state index in [0.717, 1.165) is 22.9 Å². The second kappa shape index (κ2) is 5.23. The monoisotopic (exact) mass is 322 g/mol. The van der Waals surface area contributed by atoms with Crippen molar-refractivity contribution in [2.75, 3.05) is 13.6 Å². The maximum Gasteiger partial charge on any atom is 0.272 e. The molecule has 1 amide bonds. The van der Waals surface area contributed by atoms with Gasteiger partial charge in [-0.2, -0.15) is 0 Å². The molecule has 0 N–H and O–H groups in total. The van der Waals surface area contributed by atoms with Crippen LogP contribution in [0.3, 0.4) is 0 Å². The number of hydrogen-bond donors (Lipinski definition) is 0. The van der Waals surface area contributed by atoms with Crippen molar-refractivity contribution in [3.8, 4) is 0 Å². The topological polar surface area (TPSA) is 33.2 Å². The van der Waals surface area contributed by atoms with Crippen LogP contribution in [0.15, 0.2) is 22.8 Å². The molecule has 2 saturated carbocycles. The molecule has 19 heavy (non-hydrogen) atoms. The number of carbonyl (C=O) groups is 1. The molecule has 0 aromatic carbocycles. The Labute approximate surface area is 122 Å². The first-order chi connectivity index (χ1) is 9.13. The van der Waals surface area contributed by atoms with E-state index >= 15 is 0 Å². The Hall–Kier alpha value is -0.900. The number of aromatic nitrogens is 1. The molecule has 0 saturated heterocycles. The van der Waals surface area contributed by atoms with Crippen LogP contribution in [0.25, 0.3) is 0 Å². The molecule has 0 radical (unpaired) electrons. The van der Waals surface area contributed by atoms with Gasteiger partial charge in [0.25, 0.3) is 5.91 Å². The van der Waals surface area contributed by atoms with Gasteiger partial charge in [-0.15, -0.1) is 0 Å². The lowest BCUT2D eigenvalue weighted by Gasteiger charge is -2.27. The average Bonchev–Trinajstić information content (AvgIpc) is 3.01. The number of nitrogens with zero attached hydrogens (tertiary/aromatic N) is 2. The maximum atomic E-state index is 12.3. The van der Waals surface area contributed by atoms with Gasteiger partial charge in [0, 0.05) is 24.3 Å². The normalized spacial score (nSPS) is 28.6. The summed E-state index contributed by atoms with van der Waals surface area (Å²) in [5, 5.41) is 0. The largest absolute Gasteiger partial charge is 0.340 e. The van der Waals surface area contributed by atoms with Crippen LogP contribution in [0, 0.1) is 17.8 Å². The van der Waals surface area contributed by atoms with E-state index < -0.39 is 0 Å². The molecule has 1 heterocycles. The summed E-state index contributed by atoms with van der Waals surface area (Å²) in [5.74, 6) is 2.54. The number of rotatable bonds is 3. The summed E-state index contributed by atoms with van der Waals surface area (Å²) >= 11 is 3.34. The second-order valence-corrected chi connectivity index (χ2v) is 6.90. The Bertz CT molecular complexity index is 474. The lowest BCUT2D eigenvalue weighted by molar-refractivity contribution is 0.0748. The minimum atomic E-state index is 0.0373. The van der Waals surface area contributed by atoms with Crippen molar-refractivity contribution < 1.29 is 4.79 Å². The molecule has 102 valence electrons. The predicted octanol–water partition coefficient (Wildman–Crippen LogP) is 3.35. The Balaban J connectivity index is 1.62. The van der Waals surface area contributed by atoms with Gasteiger partial charge < -0.3 is 4.90 Å². The fourth-order valence-corrected chi connectivity index (χ4v) is 3.97. The molecule has 3 nitrogen and oxygen atoms in total. The number of hydrogen-bond acceptors (Lipinski definition) is 2. The van der Waals surface area contributed by atoms with Crippen LogP contribution >= 0.6 is 15.9 Å². The summed E-state index contributed by atoms with van der Waals surface area (Å²) in [7, 11) is 1.90. The molecule has 2 fully saturated rings. The average molecular weight is 323 g/mol. The van der Waals surface area contributed by atoms with Crippen molar-refractivity contribution in [3.05, 3.63) is 28.5 Å². The molecule has 2 aliphatic carbocycles. The standard InChI is InChI=1S/C15H19BrN2O/c1-18(9-12-7-10-2-3-11(12)6-10)15(19)14-5-4-13(16)8-17-14/h4-5,8,10-12H,2-3,6-7,9H2,1H3. The molecule has 1 aromatic rings. The lowest BCUT2D eigenvalue weighted by Crippen LogP contribution is -2.34. The molecule has 4 heteroatoms. The molecular weight excluding hydrogens is 304 g/mol. The highest BCUT2D eigenvalue weighted by atomic mass is 79.9. The van der Waals surface area contributed by atoms with E-state index in [4.69, 9.17) is 0 Å². The Kier molecular flexibility index (Phi) is 3.61. The zero-order chi connectivity index (χ0) is 13.4. The zero-order valence-electron chi connectivity index (χ0n) is 11.2. The molecular formula is C15H19BrN2O. The molecule has 2 bridgehead atoms. The van der Waals surface area contributed by atoms with E-state index in [1.54, 1.807) is 12.3 Å². The van der Waals surface area contributed by atoms with Crippen LogP contribution in [-0.2, 0) is 0 Å². The second-order valence-electron chi connectivity index (χ2n) is 5.98. The number of pyridine rings is 1. The van der Waals surface area contributed by atoms with Gasteiger partial charge in [0.2, 0.25) is 0 Å². The van der Waals surface area contributed by atoms with Crippen molar-refractivity contribution >= 4 is 21.8 Å². The van der Waals surface area contributed by atoms with Gasteiger partial charge in [-0.05, 0) is 65.1 Å². The fraction of sp³-hybridized carbons (Fsp3) is 0.600. The fourth-order valence-electron chi connectivity index (χ4n) is 3.73. The molecule has 3 rings (SSSR count). The van der Waals surface area contributed by atoms with E-state index in [-0.39, 0.29) is 5.91 Å². The Morgan fingerprint density at radius 3 is 2.84 bits per heavy atom. The van der Waals surface area contributed by atoms with Crippen molar-refractivity contribution in [2.45, 2.75) is 25.7 Å². The van der Waals surface area contributed by atoms with Crippen LogP contribution in [-0.4, -0.2) is 29.4 Å². The quantitative estimate of drug-likeness (QED) is 0.855. The highest BCUT2D eigenvalue weighted by Crippen LogP contribution is 2.48. The number of carbonyl (C=O) groups excluding carboxylic acids is 1.